The average Bonchev–Trinajstić information content (AvgIpc) is 3.58. The number of nitrogens with one attached hydrogen (secondary N) is 2. The molecule has 2 amide bonds. The third-order valence-corrected chi connectivity index (χ3v) is 7.55. The quantitative estimate of drug-likeness (QED) is 0.361. The first-order valence-corrected chi connectivity index (χ1v) is 13.9. The summed E-state index contributed by atoms with van der Waals surface area (Å²) in [5, 5.41) is 17.5. The fourth-order valence-corrected chi connectivity index (χ4v) is 5.29. The molecule has 0 spiro atoms. The summed E-state index contributed by atoms with van der Waals surface area (Å²) in [6, 6.07) is 18.4. The Labute approximate surface area is 231 Å². The molecule has 2 aromatic carbocycles. The highest BCUT2D eigenvalue weighted by molar-refractivity contribution is 8.14. The number of anilines is 1. The number of thioether (sulfide) groups is 1. The molecule has 39 heavy (non-hydrogen) atoms. The Hall–Kier alpha value is -3.89. The van der Waals surface area contributed by atoms with Crippen molar-refractivity contribution in [3.8, 4) is 0 Å². The van der Waals surface area contributed by atoms with Crippen molar-refractivity contribution in [2.75, 3.05) is 11.1 Å². The molecule has 0 saturated carbocycles. The van der Waals surface area contributed by atoms with Crippen molar-refractivity contribution in [1.29, 1.82) is 0 Å². The molecule has 2 aliphatic rings. The molecule has 2 aliphatic heterocycles. The molecule has 0 bridgehead atoms. The first-order chi connectivity index (χ1) is 18.9. The fourth-order valence-electron chi connectivity index (χ4n) is 4.46. The number of rotatable bonds is 9. The van der Waals surface area contributed by atoms with Crippen LogP contribution in [0.3, 0.4) is 0 Å². The van der Waals surface area contributed by atoms with Gasteiger partial charge in [0.15, 0.2) is 11.4 Å². The van der Waals surface area contributed by atoms with E-state index >= 15 is 0 Å². The Morgan fingerprint density at radius 2 is 1.87 bits per heavy atom. The third kappa shape index (κ3) is 6.23. The molecule has 202 valence electrons. The summed E-state index contributed by atoms with van der Waals surface area (Å²) in [5.74, 6) is 1.49. The minimum Gasteiger partial charge on any atom is -0.467 e. The lowest BCUT2D eigenvalue weighted by Crippen LogP contribution is -2.45. The van der Waals surface area contributed by atoms with Gasteiger partial charge in [-0.3, -0.25) is 19.5 Å². The van der Waals surface area contributed by atoms with Crippen LogP contribution in [0.5, 0.6) is 0 Å². The number of aliphatic hydroxyl groups excluding tert-OH is 1. The lowest BCUT2D eigenvalue weighted by molar-refractivity contribution is -0.121. The van der Waals surface area contributed by atoms with Gasteiger partial charge in [0.1, 0.15) is 11.6 Å². The van der Waals surface area contributed by atoms with E-state index in [-0.39, 0.29) is 24.0 Å². The Morgan fingerprint density at radius 1 is 1.08 bits per heavy atom. The maximum atomic E-state index is 12.7. The minimum absolute atomic E-state index is 0.114. The molecule has 1 unspecified atom stereocenters. The van der Waals surface area contributed by atoms with E-state index in [0.717, 1.165) is 16.9 Å². The van der Waals surface area contributed by atoms with Crippen molar-refractivity contribution in [3.63, 3.8) is 0 Å². The van der Waals surface area contributed by atoms with Crippen molar-refractivity contribution in [2.24, 2.45) is 9.98 Å². The van der Waals surface area contributed by atoms with Crippen molar-refractivity contribution < 1.29 is 19.1 Å². The molecule has 0 fully saturated rings. The molecular formula is C29H31N5O4S. The molecule has 3 aromatic rings. The minimum atomic E-state index is -0.996. The first-order valence-electron chi connectivity index (χ1n) is 12.9. The summed E-state index contributed by atoms with van der Waals surface area (Å²) in [6.45, 7) is 4.56. The van der Waals surface area contributed by atoms with E-state index in [2.05, 4.69) is 24.5 Å². The SMILES string of the molecule is CC(C)c1ccc(NC(=O)CSC2=Nc3ccccc3C3=NC(CCC(=O)NCc4ccco4)[C@@H](O)N23)cc1. The third-order valence-electron chi connectivity index (χ3n) is 6.59. The standard InChI is InChI=1S/C29H31N5O4S/c1-18(2)19-9-11-20(12-10-19)31-26(36)17-39-29-33-23-8-4-3-7-22(23)27-32-24(28(37)34(27)29)13-14-25(35)30-16-21-6-5-15-38-21/h3-12,15,18,24,28,37H,13-14,16-17H2,1-2H3,(H,30,35)(H,31,36)/t24?,28-/m1/s1. The van der Waals surface area contributed by atoms with Crippen LogP contribution in [0.25, 0.3) is 0 Å². The van der Waals surface area contributed by atoms with Crippen LogP contribution in [0.4, 0.5) is 11.4 Å². The number of hydrogen-bond donors (Lipinski definition) is 3. The Bertz CT molecular complexity index is 1380. The number of aliphatic hydroxyl groups is 1. The number of amidine groups is 2. The Kier molecular flexibility index (Phi) is 8.13. The van der Waals surface area contributed by atoms with Gasteiger partial charge in [0.25, 0.3) is 0 Å². The highest BCUT2D eigenvalue weighted by atomic mass is 32.2. The van der Waals surface area contributed by atoms with Crippen molar-refractivity contribution in [2.45, 2.75) is 51.4 Å². The number of carbonyl (C=O) groups is 2. The summed E-state index contributed by atoms with van der Waals surface area (Å²) < 4.78 is 5.25. The van der Waals surface area contributed by atoms with Crippen LogP contribution in [0, 0.1) is 0 Å². The number of hydrogen-bond acceptors (Lipinski definition) is 8. The first kappa shape index (κ1) is 26.7. The summed E-state index contributed by atoms with van der Waals surface area (Å²) in [5.41, 5.74) is 3.47. The molecule has 1 aromatic heterocycles. The highest BCUT2D eigenvalue weighted by Crippen LogP contribution is 2.36. The Morgan fingerprint density at radius 3 is 2.62 bits per heavy atom. The van der Waals surface area contributed by atoms with Gasteiger partial charge in [-0.05, 0) is 54.3 Å². The Balaban J connectivity index is 1.23. The number of amides is 2. The zero-order chi connectivity index (χ0) is 27.4. The van der Waals surface area contributed by atoms with Gasteiger partial charge in [-0.25, -0.2) is 4.99 Å². The van der Waals surface area contributed by atoms with Crippen LogP contribution in [0.1, 0.15) is 49.5 Å². The van der Waals surface area contributed by atoms with Gasteiger partial charge < -0.3 is 20.2 Å². The maximum Gasteiger partial charge on any atom is 0.234 e. The van der Waals surface area contributed by atoms with E-state index in [9.17, 15) is 14.7 Å². The molecule has 10 heteroatoms. The smallest absolute Gasteiger partial charge is 0.234 e. The maximum absolute atomic E-state index is 12.7. The molecule has 0 saturated heterocycles. The summed E-state index contributed by atoms with van der Waals surface area (Å²) in [4.78, 5) is 36.3. The van der Waals surface area contributed by atoms with Gasteiger partial charge in [-0.15, -0.1) is 0 Å². The molecule has 3 heterocycles. The second kappa shape index (κ2) is 11.9. The number of nitrogens with zero attached hydrogens (tertiary/aromatic N) is 3. The van der Waals surface area contributed by atoms with Gasteiger partial charge in [-0.1, -0.05) is 49.9 Å². The largest absolute Gasteiger partial charge is 0.467 e. The van der Waals surface area contributed by atoms with Gasteiger partial charge in [0, 0.05) is 17.7 Å². The second-order valence-electron chi connectivity index (χ2n) is 9.72. The molecule has 0 radical (unpaired) electrons. The molecule has 3 N–H and O–H groups in total. The lowest BCUT2D eigenvalue weighted by Gasteiger charge is -2.30. The zero-order valence-corrected chi connectivity index (χ0v) is 22.6. The summed E-state index contributed by atoms with van der Waals surface area (Å²) >= 11 is 1.24. The fraction of sp³-hybridized carbons (Fsp3) is 0.310. The number of aliphatic imine (C=N–C) groups is 2. The lowest BCUT2D eigenvalue weighted by atomic mass is 10.0. The predicted molar refractivity (Wildman–Crippen MR) is 153 cm³/mol. The van der Waals surface area contributed by atoms with E-state index in [1.807, 2.05) is 48.5 Å². The van der Waals surface area contributed by atoms with Gasteiger partial charge in [0.2, 0.25) is 11.8 Å². The molecule has 2 atom stereocenters. The normalized spacial score (nSPS) is 17.8. The van der Waals surface area contributed by atoms with E-state index in [1.165, 1.54) is 17.3 Å². The number of para-hydroxylation sites is 1. The van der Waals surface area contributed by atoms with Gasteiger partial charge >= 0.3 is 0 Å². The topological polar surface area (TPSA) is 120 Å². The molecule has 9 nitrogen and oxygen atoms in total. The van der Waals surface area contributed by atoms with Crippen molar-refractivity contribution in [1.82, 2.24) is 10.2 Å². The average molecular weight is 546 g/mol. The van der Waals surface area contributed by atoms with Crippen molar-refractivity contribution in [3.05, 3.63) is 83.8 Å². The van der Waals surface area contributed by atoms with E-state index in [1.54, 1.807) is 23.3 Å². The number of benzene rings is 2. The van der Waals surface area contributed by atoms with E-state index in [0.29, 0.717) is 35.6 Å². The van der Waals surface area contributed by atoms with Crippen LogP contribution < -0.4 is 10.6 Å². The summed E-state index contributed by atoms with van der Waals surface area (Å²) in [7, 11) is 0. The van der Waals surface area contributed by atoms with E-state index in [4.69, 9.17) is 14.4 Å². The number of fused-ring (bicyclic) bond motifs is 3. The van der Waals surface area contributed by atoms with Crippen LogP contribution in [-0.4, -0.2) is 50.8 Å². The van der Waals surface area contributed by atoms with Crippen molar-refractivity contribution >= 4 is 46.0 Å². The van der Waals surface area contributed by atoms with Crippen LogP contribution in [0.15, 0.2) is 81.3 Å². The number of furan rings is 1. The molecule has 5 rings (SSSR count). The predicted octanol–water partition coefficient (Wildman–Crippen LogP) is 4.62. The van der Waals surface area contributed by atoms with Crippen LogP contribution in [0.2, 0.25) is 0 Å². The van der Waals surface area contributed by atoms with Crippen LogP contribution in [-0.2, 0) is 16.1 Å². The molecule has 0 aliphatic carbocycles. The summed E-state index contributed by atoms with van der Waals surface area (Å²) in [6.07, 6.45) is 1.12. The van der Waals surface area contributed by atoms with Gasteiger partial charge in [-0.2, -0.15) is 0 Å². The van der Waals surface area contributed by atoms with Crippen LogP contribution >= 0.6 is 11.8 Å². The monoisotopic (exact) mass is 545 g/mol. The zero-order valence-electron chi connectivity index (χ0n) is 21.8. The van der Waals surface area contributed by atoms with Gasteiger partial charge in [0.05, 0.1) is 30.3 Å². The molecular weight excluding hydrogens is 514 g/mol. The highest BCUT2D eigenvalue weighted by Gasteiger charge is 2.41. The second-order valence-corrected chi connectivity index (χ2v) is 10.7. The number of carbonyl (C=O) groups excluding carboxylic acids is 2. The van der Waals surface area contributed by atoms with E-state index < -0.39 is 12.3 Å².